The molecule has 1 aromatic rings. The number of benzene rings is 1. The molecule has 3 aliphatic rings. The van der Waals surface area contributed by atoms with Crippen LogP contribution in [0.5, 0.6) is 0 Å². The van der Waals surface area contributed by atoms with Crippen molar-refractivity contribution in [2.75, 3.05) is 13.2 Å². The molecule has 0 heterocycles. The molecule has 0 bridgehead atoms. The average molecular weight is 511 g/mol. The molecular weight excluding hydrogens is 452 g/mol. The van der Waals surface area contributed by atoms with Crippen LogP contribution in [-0.2, 0) is 6.42 Å². The molecule has 1 unspecified atom stereocenters. The summed E-state index contributed by atoms with van der Waals surface area (Å²) >= 11 is 0. The van der Waals surface area contributed by atoms with Crippen LogP contribution in [0.15, 0.2) is 24.3 Å². The molecule has 0 saturated heterocycles. The Bertz CT molecular complexity index is 718. The molecule has 1 aromatic carbocycles. The molecule has 2 heteroatoms. The van der Waals surface area contributed by atoms with Gasteiger partial charge in [0, 0.05) is 13.2 Å². The van der Waals surface area contributed by atoms with Crippen molar-refractivity contribution >= 4 is 0 Å². The molecule has 3 fully saturated rings. The van der Waals surface area contributed by atoms with Gasteiger partial charge in [0.25, 0.3) is 0 Å². The van der Waals surface area contributed by atoms with E-state index >= 15 is 0 Å². The number of aryl methyl sites for hydroxylation is 1. The number of aliphatic hydroxyl groups is 2. The van der Waals surface area contributed by atoms with E-state index in [-0.39, 0.29) is 13.2 Å². The third-order valence-corrected chi connectivity index (χ3v) is 11.1. The molecule has 2 nitrogen and oxygen atoms in total. The largest absolute Gasteiger partial charge is 0.396 e. The fraction of sp³-hybridized carbons (Fsp3) is 0.829. The maximum Gasteiger partial charge on any atom is 0.0462 e. The predicted octanol–water partition coefficient (Wildman–Crippen LogP) is 9.08. The molecule has 0 spiro atoms. The molecule has 4 rings (SSSR count). The SMILES string of the molecule is CCCCCC1CCC(c2ccc(CCC3CCC(C4CCC(C(CO)CCO)CC4)CC3)cc2)CC1. The van der Waals surface area contributed by atoms with E-state index in [0.717, 1.165) is 36.0 Å². The molecule has 1 atom stereocenters. The highest BCUT2D eigenvalue weighted by molar-refractivity contribution is 5.26. The summed E-state index contributed by atoms with van der Waals surface area (Å²) in [7, 11) is 0. The van der Waals surface area contributed by atoms with E-state index in [1.54, 1.807) is 11.1 Å². The van der Waals surface area contributed by atoms with E-state index in [2.05, 4.69) is 31.2 Å². The summed E-state index contributed by atoms with van der Waals surface area (Å²) in [5, 5.41) is 19.0. The molecule has 2 N–H and O–H groups in total. The first-order valence-corrected chi connectivity index (χ1v) is 16.5. The number of rotatable bonds is 13. The molecule has 3 aliphatic carbocycles. The Hall–Kier alpha value is -0.860. The first-order valence-electron chi connectivity index (χ1n) is 16.5. The maximum atomic E-state index is 9.69. The van der Waals surface area contributed by atoms with Crippen LogP contribution in [0.25, 0.3) is 0 Å². The summed E-state index contributed by atoms with van der Waals surface area (Å²) < 4.78 is 0. The second-order valence-corrected chi connectivity index (χ2v) is 13.4. The molecule has 210 valence electrons. The van der Waals surface area contributed by atoms with E-state index in [9.17, 15) is 10.2 Å². The van der Waals surface area contributed by atoms with Crippen molar-refractivity contribution in [3.05, 3.63) is 35.4 Å². The van der Waals surface area contributed by atoms with Gasteiger partial charge in [-0.25, -0.2) is 0 Å². The highest BCUT2D eigenvalue weighted by Gasteiger charge is 2.33. The van der Waals surface area contributed by atoms with Gasteiger partial charge in [-0.15, -0.1) is 0 Å². The molecule has 0 aromatic heterocycles. The normalized spacial score (nSPS) is 31.8. The Labute approximate surface area is 229 Å². The summed E-state index contributed by atoms with van der Waals surface area (Å²) in [5.41, 5.74) is 3.16. The summed E-state index contributed by atoms with van der Waals surface area (Å²) in [6, 6.07) is 9.82. The Kier molecular flexibility index (Phi) is 12.3. The van der Waals surface area contributed by atoms with Crippen molar-refractivity contribution in [3.63, 3.8) is 0 Å². The lowest BCUT2D eigenvalue weighted by Gasteiger charge is -2.39. The topological polar surface area (TPSA) is 40.5 Å². The minimum Gasteiger partial charge on any atom is -0.396 e. The van der Waals surface area contributed by atoms with E-state index in [1.165, 1.54) is 116 Å². The molecule has 0 aliphatic heterocycles. The standard InChI is InChI=1S/C35H58O2/c1-2-3-4-5-27-8-14-30(15-9-27)31-16-10-28(11-17-31)6-7-29-12-18-32(19-13-29)33-20-22-34(23-21-33)35(26-37)24-25-36/h10-11,16-17,27,29-30,32-37H,2-9,12-15,18-26H2,1H3. The van der Waals surface area contributed by atoms with Crippen LogP contribution in [0.2, 0.25) is 0 Å². The maximum absolute atomic E-state index is 9.69. The summed E-state index contributed by atoms with van der Waals surface area (Å²) in [6.45, 7) is 2.79. The van der Waals surface area contributed by atoms with Gasteiger partial charge in [-0.3, -0.25) is 0 Å². The van der Waals surface area contributed by atoms with Crippen molar-refractivity contribution < 1.29 is 10.2 Å². The van der Waals surface area contributed by atoms with E-state index in [0.29, 0.717) is 11.8 Å². The highest BCUT2D eigenvalue weighted by Crippen LogP contribution is 2.44. The molecular formula is C35H58O2. The minimum atomic E-state index is 0.222. The number of hydrogen-bond acceptors (Lipinski definition) is 2. The van der Waals surface area contributed by atoms with Crippen LogP contribution in [0.4, 0.5) is 0 Å². The Morgan fingerprint density at radius 1 is 0.703 bits per heavy atom. The van der Waals surface area contributed by atoms with Gasteiger partial charge in [0.1, 0.15) is 0 Å². The van der Waals surface area contributed by atoms with E-state index < -0.39 is 0 Å². The van der Waals surface area contributed by atoms with Crippen LogP contribution in [0, 0.1) is 35.5 Å². The number of unbranched alkanes of at least 4 members (excludes halogenated alkanes) is 2. The number of hydrogen-bond donors (Lipinski definition) is 2. The molecule has 0 radical (unpaired) electrons. The second kappa shape index (κ2) is 15.7. The van der Waals surface area contributed by atoms with Crippen LogP contribution >= 0.6 is 0 Å². The van der Waals surface area contributed by atoms with Gasteiger partial charge in [0.2, 0.25) is 0 Å². The van der Waals surface area contributed by atoms with Gasteiger partial charge in [-0.05, 0) is 136 Å². The first-order chi connectivity index (χ1) is 18.2. The van der Waals surface area contributed by atoms with Crippen LogP contribution in [0.1, 0.15) is 140 Å². The van der Waals surface area contributed by atoms with Gasteiger partial charge in [-0.2, -0.15) is 0 Å². The van der Waals surface area contributed by atoms with Crippen molar-refractivity contribution in [2.24, 2.45) is 35.5 Å². The van der Waals surface area contributed by atoms with Crippen molar-refractivity contribution in [2.45, 2.75) is 135 Å². The zero-order valence-corrected chi connectivity index (χ0v) is 24.1. The zero-order chi connectivity index (χ0) is 25.9. The van der Waals surface area contributed by atoms with E-state index in [4.69, 9.17) is 0 Å². The lowest BCUT2D eigenvalue weighted by Crippen LogP contribution is -2.29. The monoisotopic (exact) mass is 510 g/mol. The zero-order valence-electron chi connectivity index (χ0n) is 24.1. The fourth-order valence-electron chi connectivity index (χ4n) is 8.47. The number of aliphatic hydroxyl groups excluding tert-OH is 2. The molecule has 37 heavy (non-hydrogen) atoms. The summed E-state index contributed by atoms with van der Waals surface area (Å²) in [5.74, 6) is 5.58. The van der Waals surface area contributed by atoms with Crippen LogP contribution < -0.4 is 0 Å². The smallest absolute Gasteiger partial charge is 0.0462 e. The average Bonchev–Trinajstić information content (AvgIpc) is 2.96. The Balaban J connectivity index is 1.12. The predicted molar refractivity (Wildman–Crippen MR) is 157 cm³/mol. The third kappa shape index (κ3) is 8.82. The van der Waals surface area contributed by atoms with Crippen molar-refractivity contribution in [1.29, 1.82) is 0 Å². The lowest BCUT2D eigenvalue weighted by atomic mass is 9.67. The van der Waals surface area contributed by atoms with Gasteiger partial charge in [0.15, 0.2) is 0 Å². The summed E-state index contributed by atoms with van der Waals surface area (Å²) in [4.78, 5) is 0. The fourth-order valence-corrected chi connectivity index (χ4v) is 8.47. The quantitative estimate of drug-likeness (QED) is 0.260. The molecule has 0 amide bonds. The highest BCUT2D eigenvalue weighted by atomic mass is 16.3. The van der Waals surface area contributed by atoms with Crippen LogP contribution in [0.3, 0.4) is 0 Å². The van der Waals surface area contributed by atoms with Gasteiger partial charge in [0.05, 0.1) is 0 Å². The van der Waals surface area contributed by atoms with E-state index in [1.807, 2.05) is 0 Å². The minimum absolute atomic E-state index is 0.222. The van der Waals surface area contributed by atoms with Crippen LogP contribution in [-0.4, -0.2) is 23.4 Å². The van der Waals surface area contributed by atoms with Gasteiger partial charge >= 0.3 is 0 Å². The molecule has 3 saturated carbocycles. The Morgan fingerprint density at radius 2 is 1.30 bits per heavy atom. The van der Waals surface area contributed by atoms with Crippen molar-refractivity contribution in [1.82, 2.24) is 0 Å². The second-order valence-electron chi connectivity index (χ2n) is 13.4. The Morgan fingerprint density at radius 3 is 1.89 bits per heavy atom. The van der Waals surface area contributed by atoms with Gasteiger partial charge < -0.3 is 10.2 Å². The summed E-state index contributed by atoms with van der Waals surface area (Å²) in [6.07, 6.45) is 25.8. The lowest BCUT2D eigenvalue weighted by molar-refractivity contribution is 0.0834. The first kappa shape index (κ1) is 29.1. The van der Waals surface area contributed by atoms with Crippen molar-refractivity contribution in [3.8, 4) is 0 Å². The van der Waals surface area contributed by atoms with Gasteiger partial charge in [-0.1, -0.05) is 69.7 Å². The third-order valence-electron chi connectivity index (χ3n) is 11.1.